The Bertz CT molecular complexity index is 958. The van der Waals surface area contributed by atoms with Gasteiger partial charge in [-0.1, -0.05) is 0 Å². The van der Waals surface area contributed by atoms with Gasteiger partial charge in [0.15, 0.2) is 0 Å². The van der Waals surface area contributed by atoms with Gasteiger partial charge in [0.1, 0.15) is 10.7 Å². The largest absolute Gasteiger partial charge is 0.354 e. The van der Waals surface area contributed by atoms with Gasteiger partial charge in [0.2, 0.25) is 16.0 Å². The molecule has 10 heteroatoms. The second kappa shape index (κ2) is 7.32. The highest BCUT2D eigenvalue weighted by atomic mass is 32.2. The van der Waals surface area contributed by atoms with Crippen LogP contribution in [0.2, 0.25) is 0 Å². The highest BCUT2D eigenvalue weighted by Crippen LogP contribution is 2.25. The van der Waals surface area contributed by atoms with Gasteiger partial charge in [0, 0.05) is 52.5 Å². The van der Waals surface area contributed by atoms with Gasteiger partial charge in [-0.2, -0.15) is 14.4 Å². The summed E-state index contributed by atoms with van der Waals surface area (Å²) in [5.74, 6) is 1.63. The van der Waals surface area contributed by atoms with Gasteiger partial charge in [0.25, 0.3) is 0 Å². The van der Waals surface area contributed by atoms with Crippen LogP contribution in [0.25, 0.3) is 0 Å². The lowest BCUT2D eigenvalue weighted by Crippen LogP contribution is -2.49. The molecular formula is C18H27N7O2S. The van der Waals surface area contributed by atoms with Crippen molar-refractivity contribution in [2.24, 2.45) is 7.05 Å². The fraction of sp³-hybridized carbons (Fsp3) is 0.611. The molecule has 2 aliphatic rings. The summed E-state index contributed by atoms with van der Waals surface area (Å²) >= 11 is 0. The van der Waals surface area contributed by atoms with Gasteiger partial charge >= 0.3 is 0 Å². The Morgan fingerprint density at radius 3 is 2.25 bits per heavy atom. The molecule has 152 valence electrons. The quantitative estimate of drug-likeness (QED) is 0.748. The van der Waals surface area contributed by atoms with Crippen molar-refractivity contribution < 1.29 is 8.42 Å². The van der Waals surface area contributed by atoms with Gasteiger partial charge in [-0.05, 0) is 32.8 Å². The molecule has 0 aromatic carbocycles. The normalized spacial score (nSPS) is 18.8. The van der Waals surface area contributed by atoms with Crippen LogP contribution < -0.4 is 9.80 Å². The number of sulfonamides is 1. The zero-order chi connectivity index (χ0) is 19.9. The first-order valence-electron chi connectivity index (χ1n) is 9.71. The predicted molar refractivity (Wildman–Crippen MR) is 107 cm³/mol. The Kier molecular flexibility index (Phi) is 5.00. The average Bonchev–Trinajstić information content (AvgIpc) is 3.31. The summed E-state index contributed by atoms with van der Waals surface area (Å²) in [6.07, 6.45) is 4.15. The van der Waals surface area contributed by atoms with E-state index in [2.05, 4.69) is 19.9 Å². The molecule has 2 aromatic heterocycles. The molecule has 2 saturated heterocycles. The number of hydrogen-bond acceptors (Lipinski definition) is 7. The standard InChI is InChI=1S/C18H27N7O2S/c1-14-17(15(2)22(3)21-14)28(26,27)25-12-10-23(11-13-25)16-6-7-19-18(20-16)24-8-4-5-9-24/h6-7H,4-5,8-13H2,1-3H3. The van der Waals surface area contributed by atoms with Crippen molar-refractivity contribution in [1.82, 2.24) is 24.1 Å². The van der Waals surface area contributed by atoms with Gasteiger partial charge in [-0.3, -0.25) is 4.68 Å². The maximum Gasteiger partial charge on any atom is 0.246 e. The molecule has 2 fully saturated rings. The van der Waals surface area contributed by atoms with Gasteiger partial charge in [0.05, 0.1) is 11.4 Å². The van der Waals surface area contributed by atoms with Crippen molar-refractivity contribution in [1.29, 1.82) is 0 Å². The Morgan fingerprint density at radius 2 is 1.64 bits per heavy atom. The Morgan fingerprint density at radius 1 is 0.964 bits per heavy atom. The maximum absolute atomic E-state index is 13.1. The monoisotopic (exact) mass is 405 g/mol. The SMILES string of the molecule is Cc1nn(C)c(C)c1S(=O)(=O)N1CCN(c2ccnc(N3CCCC3)n2)CC1. The van der Waals surface area contributed by atoms with Gasteiger partial charge < -0.3 is 9.80 Å². The van der Waals surface area contributed by atoms with Crippen LogP contribution in [0.1, 0.15) is 24.2 Å². The molecule has 28 heavy (non-hydrogen) atoms. The molecular weight excluding hydrogens is 378 g/mol. The third kappa shape index (κ3) is 3.35. The lowest BCUT2D eigenvalue weighted by molar-refractivity contribution is 0.383. The van der Waals surface area contributed by atoms with Crippen LogP contribution in [-0.2, 0) is 17.1 Å². The van der Waals surface area contributed by atoms with Crippen LogP contribution in [0.3, 0.4) is 0 Å². The van der Waals surface area contributed by atoms with Crippen molar-refractivity contribution in [2.45, 2.75) is 31.6 Å². The number of aromatic nitrogens is 4. The fourth-order valence-corrected chi connectivity index (χ4v) is 5.82. The molecule has 0 N–H and O–H groups in total. The molecule has 0 unspecified atom stereocenters. The lowest BCUT2D eigenvalue weighted by Gasteiger charge is -2.35. The summed E-state index contributed by atoms with van der Waals surface area (Å²) < 4.78 is 29.5. The van der Waals surface area contributed by atoms with Crippen LogP contribution in [0.15, 0.2) is 17.2 Å². The molecule has 0 spiro atoms. The summed E-state index contributed by atoms with van der Waals surface area (Å²) in [6.45, 7) is 7.61. The van der Waals surface area contributed by atoms with Crippen LogP contribution in [0.5, 0.6) is 0 Å². The topological polar surface area (TPSA) is 87.5 Å². The molecule has 2 aromatic rings. The van der Waals surface area contributed by atoms with E-state index < -0.39 is 10.0 Å². The van der Waals surface area contributed by atoms with Crippen molar-refractivity contribution in [3.63, 3.8) is 0 Å². The Labute approximate surface area is 166 Å². The maximum atomic E-state index is 13.1. The third-order valence-corrected chi connectivity index (χ3v) is 7.77. The van der Waals surface area contributed by atoms with Crippen molar-refractivity contribution in [3.8, 4) is 0 Å². The summed E-state index contributed by atoms with van der Waals surface area (Å²) in [5.41, 5.74) is 1.22. The first-order chi connectivity index (χ1) is 13.4. The average molecular weight is 406 g/mol. The highest BCUT2D eigenvalue weighted by Gasteiger charge is 2.33. The van der Waals surface area contributed by atoms with E-state index in [0.29, 0.717) is 42.5 Å². The summed E-state index contributed by atoms with van der Waals surface area (Å²) in [6, 6.07) is 1.90. The zero-order valence-corrected chi connectivity index (χ0v) is 17.5. The van der Waals surface area contributed by atoms with E-state index in [1.54, 1.807) is 36.1 Å². The number of nitrogens with zero attached hydrogens (tertiary/aromatic N) is 7. The molecule has 0 atom stereocenters. The van der Waals surface area contributed by atoms with E-state index >= 15 is 0 Å². The van der Waals surface area contributed by atoms with Crippen LogP contribution in [-0.4, -0.2) is 71.7 Å². The second-order valence-electron chi connectivity index (χ2n) is 7.42. The number of anilines is 2. The van der Waals surface area contributed by atoms with Crippen molar-refractivity contribution in [3.05, 3.63) is 23.7 Å². The van der Waals surface area contributed by atoms with E-state index in [1.165, 1.54) is 12.8 Å². The van der Waals surface area contributed by atoms with Crippen LogP contribution in [0.4, 0.5) is 11.8 Å². The minimum Gasteiger partial charge on any atom is -0.354 e. The van der Waals surface area contributed by atoms with E-state index in [4.69, 9.17) is 4.98 Å². The Balaban J connectivity index is 1.48. The smallest absolute Gasteiger partial charge is 0.246 e. The highest BCUT2D eigenvalue weighted by molar-refractivity contribution is 7.89. The minimum absolute atomic E-state index is 0.335. The molecule has 0 amide bonds. The minimum atomic E-state index is -3.55. The van der Waals surface area contributed by atoms with Crippen LogP contribution in [0, 0.1) is 13.8 Å². The third-order valence-electron chi connectivity index (χ3n) is 5.62. The van der Waals surface area contributed by atoms with Crippen LogP contribution >= 0.6 is 0 Å². The number of aryl methyl sites for hydroxylation is 2. The zero-order valence-electron chi connectivity index (χ0n) is 16.7. The van der Waals surface area contributed by atoms with Crippen molar-refractivity contribution in [2.75, 3.05) is 49.1 Å². The van der Waals surface area contributed by atoms with E-state index in [9.17, 15) is 8.42 Å². The predicted octanol–water partition coefficient (Wildman–Crippen LogP) is 0.938. The van der Waals surface area contributed by atoms with E-state index in [0.717, 1.165) is 24.9 Å². The molecule has 9 nitrogen and oxygen atoms in total. The first-order valence-corrected chi connectivity index (χ1v) is 11.2. The van der Waals surface area contributed by atoms with Gasteiger partial charge in [-0.15, -0.1) is 0 Å². The van der Waals surface area contributed by atoms with E-state index in [1.807, 2.05) is 6.07 Å². The summed E-state index contributed by atoms with van der Waals surface area (Å²) in [5, 5.41) is 4.26. The number of piperazine rings is 1. The number of hydrogen-bond donors (Lipinski definition) is 0. The second-order valence-corrected chi connectivity index (χ2v) is 9.30. The summed E-state index contributed by atoms with van der Waals surface area (Å²) in [7, 11) is -1.78. The number of rotatable bonds is 4. The first kappa shape index (κ1) is 19.1. The molecule has 0 radical (unpaired) electrons. The Hall–Kier alpha value is -2.20. The molecule has 0 bridgehead atoms. The van der Waals surface area contributed by atoms with Crippen molar-refractivity contribution >= 4 is 21.8 Å². The molecule has 4 rings (SSSR count). The fourth-order valence-electron chi connectivity index (χ4n) is 4.00. The molecule has 2 aliphatic heterocycles. The molecule has 0 aliphatic carbocycles. The lowest BCUT2D eigenvalue weighted by atomic mass is 10.3. The summed E-state index contributed by atoms with van der Waals surface area (Å²) in [4.78, 5) is 13.8. The van der Waals surface area contributed by atoms with Gasteiger partial charge in [-0.25, -0.2) is 13.4 Å². The molecule has 4 heterocycles. The van der Waals surface area contributed by atoms with E-state index in [-0.39, 0.29) is 0 Å². The molecule has 0 saturated carbocycles.